The maximum Gasteiger partial charge on any atom is 0.341 e. The average molecular weight is 257 g/mol. The summed E-state index contributed by atoms with van der Waals surface area (Å²) in [6.07, 6.45) is 1.43. The van der Waals surface area contributed by atoms with Gasteiger partial charge in [0.2, 0.25) is 0 Å². The number of aliphatic hydroxyl groups excluding tert-OH is 1. The van der Waals surface area contributed by atoms with Gasteiger partial charge in [0, 0.05) is 0 Å². The molecule has 92 valence electrons. The molecule has 1 aromatic rings. The second-order valence-corrected chi connectivity index (χ2v) is 4.48. The van der Waals surface area contributed by atoms with E-state index in [-0.39, 0.29) is 22.4 Å². The third kappa shape index (κ3) is 2.53. The first-order chi connectivity index (χ1) is 8.09. The molecule has 0 bridgehead atoms. The molecule has 17 heavy (non-hydrogen) atoms. The van der Waals surface area contributed by atoms with Crippen molar-refractivity contribution in [1.82, 2.24) is 0 Å². The minimum atomic E-state index is -1.13. The van der Waals surface area contributed by atoms with Crippen LogP contribution in [0.2, 0.25) is 5.02 Å². The molecule has 1 aliphatic rings. The lowest BCUT2D eigenvalue weighted by Crippen LogP contribution is -2.26. The van der Waals surface area contributed by atoms with Gasteiger partial charge < -0.3 is 14.9 Å². The lowest BCUT2D eigenvalue weighted by Gasteiger charge is -2.18. The summed E-state index contributed by atoms with van der Waals surface area (Å²) in [5.41, 5.74) is -0.0479. The van der Waals surface area contributed by atoms with Gasteiger partial charge in [-0.2, -0.15) is 0 Å². The molecule has 0 spiro atoms. The number of carbonyl (C=O) groups is 1. The largest absolute Gasteiger partial charge is 0.487 e. The number of carboxylic acid groups (broad SMARTS) is 1. The number of hydrogen-bond acceptors (Lipinski definition) is 3. The zero-order valence-electron chi connectivity index (χ0n) is 9.10. The van der Waals surface area contributed by atoms with E-state index in [1.807, 2.05) is 0 Å². The van der Waals surface area contributed by atoms with Gasteiger partial charge in [0.1, 0.15) is 17.4 Å². The molecule has 0 radical (unpaired) electrons. The quantitative estimate of drug-likeness (QED) is 0.871. The van der Waals surface area contributed by atoms with Crippen LogP contribution in [-0.2, 0) is 0 Å². The zero-order valence-corrected chi connectivity index (χ0v) is 9.85. The number of benzene rings is 1. The number of aliphatic hydroxyl groups is 1. The van der Waals surface area contributed by atoms with Gasteiger partial charge in [-0.25, -0.2) is 4.79 Å². The molecule has 0 aliphatic heterocycles. The van der Waals surface area contributed by atoms with Crippen LogP contribution in [0.1, 0.15) is 29.6 Å². The van der Waals surface area contributed by atoms with Crippen molar-refractivity contribution < 1.29 is 19.7 Å². The SMILES string of the molecule is O=C(O)c1c(Cl)cccc1OC1CCCC1O. The van der Waals surface area contributed by atoms with E-state index in [1.54, 1.807) is 12.1 Å². The Hall–Kier alpha value is -1.26. The topological polar surface area (TPSA) is 66.8 Å². The smallest absolute Gasteiger partial charge is 0.341 e. The monoisotopic (exact) mass is 256 g/mol. The molecule has 2 unspecified atom stereocenters. The highest BCUT2D eigenvalue weighted by Crippen LogP contribution is 2.30. The van der Waals surface area contributed by atoms with Crippen LogP contribution in [-0.4, -0.2) is 28.4 Å². The second kappa shape index (κ2) is 4.94. The van der Waals surface area contributed by atoms with E-state index >= 15 is 0 Å². The molecule has 0 aromatic heterocycles. The predicted octanol–water partition coefficient (Wildman–Crippen LogP) is 2.33. The highest BCUT2D eigenvalue weighted by Gasteiger charge is 2.28. The number of halogens is 1. The van der Waals surface area contributed by atoms with Crippen molar-refractivity contribution in [2.45, 2.75) is 31.5 Å². The van der Waals surface area contributed by atoms with Crippen molar-refractivity contribution in [2.75, 3.05) is 0 Å². The average Bonchev–Trinajstić information content (AvgIpc) is 2.64. The molecular formula is C12H13ClO4. The highest BCUT2D eigenvalue weighted by atomic mass is 35.5. The van der Waals surface area contributed by atoms with Crippen LogP contribution in [0.3, 0.4) is 0 Å². The summed E-state index contributed by atoms with van der Waals surface area (Å²) in [4.78, 5) is 11.1. The third-order valence-electron chi connectivity index (χ3n) is 2.89. The summed E-state index contributed by atoms with van der Waals surface area (Å²) in [6.45, 7) is 0. The van der Waals surface area contributed by atoms with Crippen molar-refractivity contribution in [3.05, 3.63) is 28.8 Å². The van der Waals surface area contributed by atoms with Gasteiger partial charge >= 0.3 is 5.97 Å². The van der Waals surface area contributed by atoms with Gasteiger partial charge in [-0.15, -0.1) is 0 Å². The van der Waals surface area contributed by atoms with E-state index in [0.29, 0.717) is 6.42 Å². The molecule has 2 atom stereocenters. The van der Waals surface area contributed by atoms with Gasteiger partial charge in [-0.05, 0) is 31.4 Å². The van der Waals surface area contributed by atoms with Crippen LogP contribution in [0.4, 0.5) is 0 Å². The van der Waals surface area contributed by atoms with E-state index in [2.05, 4.69) is 0 Å². The fourth-order valence-electron chi connectivity index (χ4n) is 2.02. The van der Waals surface area contributed by atoms with Gasteiger partial charge in [-0.1, -0.05) is 17.7 Å². The summed E-state index contributed by atoms with van der Waals surface area (Å²) >= 11 is 5.82. The van der Waals surface area contributed by atoms with Crippen LogP contribution in [0.15, 0.2) is 18.2 Å². The predicted molar refractivity (Wildman–Crippen MR) is 62.7 cm³/mol. The maximum absolute atomic E-state index is 11.1. The summed E-state index contributed by atoms with van der Waals surface area (Å²) in [6, 6.07) is 4.69. The van der Waals surface area contributed by atoms with Gasteiger partial charge in [0.25, 0.3) is 0 Å². The van der Waals surface area contributed by atoms with E-state index < -0.39 is 12.1 Å². The lowest BCUT2D eigenvalue weighted by molar-refractivity contribution is 0.0560. The standard InChI is InChI=1S/C12H13ClO4/c13-7-3-1-6-10(11(7)12(15)16)17-9-5-2-4-8(9)14/h1,3,6,8-9,14H,2,4-5H2,(H,15,16). The number of carboxylic acids is 1. The Morgan fingerprint density at radius 2 is 2.18 bits per heavy atom. The van der Waals surface area contributed by atoms with E-state index in [4.69, 9.17) is 21.4 Å². The van der Waals surface area contributed by atoms with Crippen LogP contribution < -0.4 is 4.74 Å². The third-order valence-corrected chi connectivity index (χ3v) is 3.20. The number of ether oxygens (including phenoxy) is 1. The first-order valence-corrected chi connectivity index (χ1v) is 5.84. The Morgan fingerprint density at radius 1 is 1.41 bits per heavy atom. The highest BCUT2D eigenvalue weighted by molar-refractivity contribution is 6.33. The number of hydrogen-bond donors (Lipinski definition) is 2. The first-order valence-electron chi connectivity index (χ1n) is 5.46. The van der Waals surface area contributed by atoms with Crippen LogP contribution in [0, 0.1) is 0 Å². The van der Waals surface area contributed by atoms with Crippen molar-refractivity contribution in [3.8, 4) is 5.75 Å². The van der Waals surface area contributed by atoms with Crippen molar-refractivity contribution in [3.63, 3.8) is 0 Å². The molecule has 0 heterocycles. The molecule has 5 heteroatoms. The Morgan fingerprint density at radius 3 is 2.76 bits per heavy atom. The van der Waals surface area contributed by atoms with Crippen LogP contribution in [0.5, 0.6) is 5.75 Å². The number of rotatable bonds is 3. The second-order valence-electron chi connectivity index (χ2n) is 4.07. The fourth-order valence-corrected chi connectivity index (χ4v) is 2.26. The summed E-state index contributed by atoms with van der Waals surface area (Å²) < 4.78 is 5.55. The molecule has 2 rings (SSSR count). The van der Waals surface area contributed by atoms with E-state index in [9.17, 15) is 9.90 Å². The normalized spacial score (nSPS) is 23.6. The molecule has 2 N–H and O–H groups in total. The molecule has 1 aliphatic carbocycles. The molecular weight excluding hydrogens is 244 g/mol. The Bertz CT molecular complexity index is 433. The zero-order chi connectivity index (χ0) is 12.4. The summed E-state index contributed by atoms with van der Waals surface area (Å²) in [5.74, 6) is -0.908. The molecule has 0 saturated heterocycles. The van der Waals surface area contributed by atoms with E-state index in [0.717, 1.165) is 12.8 Å². The van der Waals surface area contributed by atoms with Gasteiger partial charge in [-0.3, -0.25) is 0 Å². The molecule has 1 aromatic carbocycles. The molecule has 0 amide bonds. The lowest BCUT2D eigenvalue weighted by atomic mass is 10.2. The van der Waals surface area contributed by atoms with Crippen molar-refractivity contribution in [2.24, 2.45) is 0 Å². The Balaban J connectivity index is 2.26. The van der Waals surface area contributed by atoms with E-state index in [1.165, 1.54) is 6.07 Å². The Labute approximate surface area is 104 Å². The minimum absolute atomic E-state index is 0.0479. The van der Waals surface area contributed by atoms with Gasteiger partial charge in [0.15, 0.2) is 0 Å². The molecule has 1 saturated carbocycles. The van der Waals surface area contributed by atoms with Crippen LogP contribution >= 0.6 is 11.6 Å². The molecule has 4 nitrogen and oxygen atoms in total. The summed E-state index contributed by atoms with van der Waals surface area (Å²) in [7, 11) is 0. The molecule has 1 fully saturated rings. The first kappa shape index (κ1) is 12.2. The van der Waals surface area contributed by atoms with Gasteiger partial charge in [0.05, 0.1) is 11.1 Å². The minimum Gasteiger partial charge on any atom is -0.487 e. The number of aromatic carboxylic acids is 1. The van der Waals surface area contributed by atoms with Crippen molar-refractivity contribution in [1.29, 1.82) is 0 Å². The van der Waals surface area contributed by atoms with Crippen molar-refractivity contribution >= 4 is 17.6 Å². The van der Waals surface area contributed by atoms with Crippen LogP contribution in [0.25, 0.3) is 0 Å². The fraction of sp³-hybridized carbons (Fsp3) is 0.417. The summed E-state index contributed by atoms with van der Waals surface area (Å²) in [5, 5.41) is 18.8. The Kier molecular flexibility index (Phi) is 3.54. The maximum atomic E-state index is 11.1.